The first-order valence-electron chi connectivity index (χ1n) is 6.09. The van der Waals surface area contributed by atoms with Crippen LogP contribution < -0.4 is 5.69 Å². The Balaban J connectivity index is 2.20. The molecule has 6 heteroatoms. The zero-order chi connectivity index (χ0) is 15.0. The van der Waals surface area contributed by atoms with Crippen molar-refractivity contribution in [3.8, 4) is 11.8 Å². The lowest BCUT2D eigenvalue weighted by Gasteiger charge is -2.03. The van der Waals surface area contributed by atoms with Crippen LogP contribution in [0.15, 0.2) is 47.3 Å². The predicted octanol–water partition coefficient (Wildman–Crippen LogP) is 1.89. The van der Waals surface area contributed by atoms with Gasteiger partial charge in [0.05, 0.1) is 33.9 Å². The van der Waals surface area contributed by atoms with Gasteiger partial charge in [-0.15, -0.1) is 0 Å². The molecule has 0 amide bonds. The monoisotopic (exact) mass is 279 g/mol. The molecule has 0 unspecified atom stereocenters. The van der Waals surface area contributed by atoms with Crippen molar-refractivity contribution >= 4 is 17.0 Å². The lowest BCUT2D eigenvalue weighted by atomic mass is 10.2. The minimum Gasteiger partial charge on any atom is -0.478 e. The summed E-state index contributed by atoms with van der Waals surface area (Å²) in [4.78, 5) is 25.6. The quantitative estimate of drug-likeness (QED) is 0.748. The Morgan fingerprint density at radius 1 is 1.19 bits per heavy atom. The molecule has 2 N–H and O–H groups in total. The third-order valence-electron chi connectivity index (χ3n) is 3.18. The Labute approximate surface area is 118 Å². The van der Waals surface area contributed by atoms with Crippen molar-refractivity contribution in [3.63, 3.8) is 0 Å². The molecule has 0 atom stereocenters. The van der Waals surface area contributed by atoms with Crippen molar-refractivity contribution in [2.75, 3.05) is 0 Å². The molecule has 0 saturated heterocycles. The molecule has 1 heterocycles. The highest BCUT2D eigenvalue weighted by molar-refractivity contribution is 5.88. The summed E-state index contributed by atoms with van der Waals surface area (Å²) in [6.45, 7) is 0. The fraction of sp³-hybridized carbons (Fsp3) is 0. The van der Waals surface area contributed by atoms with Gasteiger partial charge in [0.15, 0.2) is 0 Å². The number of imidazole rings is 1. The number of carboxylic acid groups (broad SMARTS) is 1. The highest BCUT2D eigenvalue weighted by Gasteiger charge is 2.10. The Morgan fingerprint density at radius 3 is 2.52 bits per heavy atom. The summed E-state index contributed by atoms with van der Waals surface area (Å²) in [6, 6.07) is 12.9. The van der Waals surface area contributed by atoms with Crippen LogP contribution in [0.2, 0.25) is 0 Å². The van der Waals surface area contributed by atoms with Crippen molar-refractivity contribution in [2.45, 2.75) is 0 Å². The minimum absolute atomic E-state index is 0.151. The third-order valence-corrected chi connectivity index (χ3v) is 3.18. The van der Waals surface area contributed by atoms with E-state index in [1.54, 1.807) is 30.3 Å². The van der Waals surface area contributed by atoms with Crippen molar-refractivity contribution in [1.82, 2.24) is 9.55 Å². The molecular formula is C15H9N3O3. The molecule has 0 bridgehead atoms. The number of nitrogens with one attached hydrogen (secondary N) is 1. The van der Waals surface area contributed by atoms with Gasteiger partial charge in [-0.2, -0.15) is 5.26 Å². The van der Waals surface area contributed by atoms with Crippen LogP contribution in [-0.2, 0) is 0 Å². The number of aromatic carboxylic acids is 1. The van der Waals surface area contributed by atoms with Crippen molar-refractivity contribution < 1.29 is 9.90 Å². The van der Waals surface area contributed by atoms with E-state index in [-0.39, 0.29) is 11.3 Å². The molecule has 6 nitrogen and oxygen atoms in total. The summed E-state index contributed by atoms with van der Waals surface area (Å²) in [5.41, 5.74) is 2.00. The standard InChI is InChI=1S/C15H9N3O3/c16-8-9-1-6-13-12(7-9)17-15(21)18(13)11-4-2-10(3-5-11)14(19)20/h1-7H,(H,17,21)(H,19,20). The van der Waals surface area contributed by atoms with Crippen LogP contribution >= 0.6 is 0 Å². The van der Waals surface area contributed by atoms with E-state index in [0.29, 0.717) is 22.3 Å². The maximum Gasteiger partial charge on any atom is 0.335 e. The molecule has 3 aromatic rings. The van der Waals surface area contributed by atoms with E-state index in [0.717, 1.165) is 0 Å². The fourth-order valence-electron chi connectivity index (χ4n) is 2.19. The Kier molecular flexibility index (Phi) is 2.81. The lowest BCUT2D eigenvalue weighted by Crippen LogP contribution is -2.14. The van der Waals surface area contributed by atoms with Crippen LogP contribution in [0.4, 0.5) is 0 Å². The topological polar surface area (TPSA) is 98.9 Å². The number of fused-ring (bicyclic) bond motifs is 1. The fourth-order valence-corrected chi connectivity index (χ4v) is 2.19. The van der Waals surface area contributed by atoms with Gasteiger partial charge in [0.2, 0.25) is 0 Å². The first-order chi connectivity index (χ1) is 10.1. The van der Waals surface area contributed by atoms with Gasteiger partial charge in [-0.3, -0.25) is 4.57 Å². The van der Waals surface area contributed by atoms with Crippen LogP contribution in [0, 0.1) is 11.3 Å². The largest absolute Gasteiger partial charge is 0.478 e. The van der Waals surface area contributed by atoms with Gasteiger partial charge in [-0.1, -0.05) is 0 Å². The second-order valence-electron chi connectivity index (χ2n) is 4.46. The summed E-state index contributed by atoms with van der Waals surface area (Å²) in [7, 11) is 0. The number of nitrogens with zero attached hydrogens (tertiary/aromatic N) is 2. The maximum absolute atomic E-state index is 12.1. The molecule has 0 spiro atoms. The van der Waals surface area contributed by atoms with E-state index in [1.807, 2.05) is 6.07 Å². The smallest absolute Gasteiger partial charge is 0.335 e. The van der Waals surface area contributed by atoms with E-state index < -0.39 is 5.97 Å². The van der Waals surface area contributed by atoms with Crippen LogP contribution in [-0.4, -0.2) is 20.6 Å². The number of hydrogen-bond acceptors (Lipinski definition) is 3. The molecule has 2 aromatic carbocycles. The van der Waals surface area contributed by atoms with Crippen LogP contribution in [0.5, 0.6) is 0 Å². The average molecular weight is 279 g/mol. The number of hydrogen-bond donors (Lipinski definition) is 2. The second kappa shape index (κ2) is 4.65. The number of carboxylic acids is 1. The van der Waals surface area contributed by atoms with Crippen molar-refractivity contribution in [2.24, 2.45) is 0 Å². The first kappa shape index (κ1) is 12.7. The van der Waals surface area contributed by atoms with Crippen molar-refractivity contribution in [1.29, 1.82) is 5.26 Å². The van der Waals surface area contributed by atoms with Gasteiger partial charge in [-0.25, -0.2) is 9.59 Å². The highest BCUT2D eigenvalue weighted by Crippen LogP contribution is 2.17. The van der Waals surface area contributed by atoms with Crippen LogP contribution in [0.1, 0.15) is 15.9 Å². The number of benzene rings is 2. The zero-order valence-electron chi connectivity index (χ0n) is 10.7. The van der Waals surface area contributed by atoms with E-state index in [9.17, 15) is 9.59 Å². The van der Waals surface area contributed by atoms with Gasteiger partial charge < -0.3 is 10.1 Å². The molecular weight excluding hydrogens is 270 g/mol. The minimum atomic E-state index is -1.02. The molecule has 0 aliphatic heterocycles. The van der Waals surface area contributed by atoms with E-state index in [2.05, 4.69) is 4.98 Å². The Morgan fingerprint density at radius 2 is 1.90 bits per heavy atom. The molecule has 0 aliphatic rings. The van der Waals surface area contributed by atoms with Crippen LogP contribution in [0.25, 0.3) is 16.7 Å². The Hall–Kier alpha value is -3.33. The summed E-state index contributed by atoms with van der Waals surface area (Å²) in [5, 5.41) is 17.8. The summed E-state index contributed by atoms with van der Waals surface area (Å²) in [5.74, 6) is -1.02. The molecule has 102 valence electrons. The summed E-state index contributed by atoms with van der Waals surface area (Å²) in [6.07, 6.45) is 0. The third kappa shape index (κ3) is 2.07. The van der Waals surface area contributed by atoms with Gasteiger partial charge >= 0.3 is 11.7 Å². The zero-order valence-corrected chi connectivity index (χ0v) is 10.7. The van der Waals surface area contributed by atoms with Gasteiger partial charge in [0, 0.05) is 0 Å². The number of H-pyrrole nitrogens is 1. The SMILES string of the molecule is N#Cc1ccc2c(c1)[nH]c(=O)n2-c1ccc(C(=O)O)cc1. The van der Waals surface area contributed by atoms with Gasteiger partial charge in [0.1, 0.15) is 0 Å². The lowest BCUT2D eigenvalue weighted by molar-refractivity contribution is 0.0697. The number of nitriles is 1. The normalized spacial score (nSPS) is 10.4. The molecule has 1 aromatic heterocycles. The molecule has 0 fully saturated rings. The number of aromatic amines is 1. The van der Waals surface area contributed by atoms with E-state index in [1.165, 1.54) is 16.7 Å². The van der Waals surface area contributed by atoms with Gasteiger partial charge in [0.25, 0.3) is 0 Å². The predicted molar refractivity (Wildman–Crippen MR) is 75.6 cm³/mol. The summed E-state index contributed by atoms with van der Waals surface area (Å²) < 4.78 is 1.43. The maximum atomic E-state index is 12.1. The molecule has 0 aliphatic carbocycles. The molecule has 21 heavy (non-hydrogen) atoms. The van der Waals surface area contributed by atoms with Crippen molar-refractivity contribution in [3.05, 3.63) is 64.1 Å². The molecule has 0 radical (unpaired) electrons. The van der Waals surface area contributed by atoms with Gasteiger partial charge in [-0.05, 0) is 42.5 Å². The number of rotatable bonds is 2. The molecule has 0 saturated carbocycles. The summed E-state index contributed by atoms with van der Waals surface area (Å²) >= 11 is 0. The van der Waals surface area contributed by atoms with E-state index >= 15 is 0 Å². The number of carbonyl (C=O) groups is 1. The Bertz CT molecular complexity index is 943. The second-order valence-corrected chi connectivity index (χ2v) is 4.46. The highest BCUT2D eigenvalue weighted by atomic mass is 16.4. The number of aromatic nitrogens is 2. The van der Waals surface area contributed by atoms with E-state index in [4.69, 9.17) is 10.4 Å². The molecule has 3 rings (SSSR count). The first-order valence-corrected chi connectivity index (χ1v) is 6.09. The average Bonchev–Trinajstić information content (AvgIpc) is 2.82. The van der Waals surface area contributed by atoms with Crippen LogP contribution in [0.3, 0.4) is 0 Å².